The fourth-order valence-electron chi connectivity index (χ4n) is 2.64. The number of anilines is 1. The van der Waals surface area contributed by atoms with E-state index in [0.29, 0.717) is 6.04 Å². The molecule has 20 heavy (non-hydrogen) atoms. The summed E-state index contributed by atoms with van der Waals surface area (Å²) in [4.78, 5) is 11.3. The molecule has 0 radical (unpaired) electrons. The third-order valence-corrected chi connectivity index (χ3v) is 3.92. The molecule has 0 aliphatic carbocycles. The van der Waals surface area contributed by atoms with Gasteiger partial charge in [-0.2, -0.15) is 0 Å². The number of aromatic nitrogens is 2. The third-order valence-electron chi connectivity index (χ3n) is 3.92. The Balaban J connectivity index is 1.75. The predicted molar refractivity (Wildman–Crippen MR) is 81.8 cm³/mol. The zero-order valence-corrected chi connectivity index (χ0v) is 11.8. The van der Waals surface area contributed by atoms with Crippen LogP contribution in [0.5, 0.6) is 0 Å². The van der Waals surface area contributed by atoms with E-state index in [4.69, 9.17) is 0 Å². The van der Waals surface area contributed by atoms with Crippen LogP contribution in [0.4, 0.5) is 5.95 Å². The Kier molecular flexibility index (Phi) is 3.92. The van der Waals surface area contributed by atoms with E-state index in [1.807, 2.05) is 30.6 Å². The van der Waals surface area contributed by atoms with E-state index in [0.717, 1.165) is 43.0 Å². The summed E-state index contributed by atoms with van der Waals surface area (Å²) in [6, 6.07) is 10.8. The number of piperidine rings is 1. The molecule has 2 aromatic rings. The van der Waals surface area contributed by atoms with Crippen LogP contribution in [0.25, 0.3) is 11.1 Å². The summed E-state index contributed by atoms with van der Waals surface area (Å²) in [5.74, 6) is 0.816. The zero-order chi connectivity index (χ0) is 13.8. The highest BCUT2D eigenvalue weighted by Gasteiger charge is 2.19. The Morgan fingerprint density at radius 2 is 1.65 bits per heavy atom. The van der Waals surface area contributed by atoms with Crippen LogP contribution in [-0.4, -0.2) is 36.1 Å². The number of rotatable bonds is 3. The molecule has 1 aliphatic rings. The van der Waals surface area contributed by atoms with Gasteiger partial charge in [-0.25, -0.2) is 9.97 Å². The maximum atomic E-state index is 4.52. The molecule has 1 N–H and O–H groups in total. The largest absolute Gasteiger partial charge is 0.341 e. The Hall–Kier alpha value is -1.94. The van der Waals surface area contributed by atoms with Gasteiger partial charge in [0.2, 0.25) is 5.95 Å². The maximum Gasteiger partial charge on any atom is 0.225 e. The molecule has 1 fully saturated rings. The Labute approximate surface area is 119 Å². The van der Waals surface area contributed by atoms with Gasteiger partial charge in [-0.05, 0) is 31.5 Å². The lowest BCUT2D eigenvalue weighted by molar-refractivity contribution is 0.439. The molecule has 0 unspecified atom stereocenters. The standard InChI is InChI=1S/C16H20N4/c1-20(15-7-9-17-10-8-15)16-18-11-14(12-19-16)13-5-3-2-4-6-13/h2-6,11-12,15,17H,7-10H2,1H3. The van der Waals surface area contributed by atoms with Crippen LogP contribution < -0.4 is 10.2 Å². The van der Waals surface area contributed by atoms with Crippen LogP contribution in [0.2, 0.25) is 0 Å². The van der Waals surface area contributed by atoms with Gasteiger partial charge in [0.25, 0.3) is 0 Å². The molecule has 3 rings (SSSR count). The number of benzene rings is 1. The summed E-state index contributed by atoms with van der Waals surface area (Å²) in [7, 11) is 2.09. The highest BCUT2D eigenvalue weighted by atomic mass is 15.3. The van der Waals surface area contributed by atoms with Gasteiger partial charge in [0.05, 0.1) is 0 Å². The first kappa shape index (κ1) is 13.1. The molecule has 1 saturated heterocycles. The van der Waals surface area contributed by atoms with Crippen LogP contribution in [0, 0.1) is 0 Å². The first-order valence-corrected chi connectivity index (χ1v) is 7.15. The Morgan fingerprint density at radius 1 is 1.00 bits per heavy atom. The molecule has 1 aliphatic heterocycles. The van der Waals surface area contributed by atoms with Crippen LogP contribution in [0.1, 0.15) is 12.8 Å². The van der Waals surface area contributed by atoms with Gasteiger partial charge in [-0.3, -0.25) is 0 Å². The van der Waals surface area contributed by atoms with E-state index in [1.54, 1.807) is 0 Å². The fraction of sp³-hybridized carbons (Fsp3) is 0.375. The van der Waals surface area contributed by atoms with E-state index in [2.05, 4.69) is 39.4 Å². The number of hydrogen-bond acceptors (Lipinski definition) is 4. The van der Waals surface area contributed by atoms with E-state index in [1.165, 1.54) is 0 Å². The summed E-state index contributed by atoms with van der Waals surface area (Å²) < 4.78 is 0. The van der Waals surface area contributed by atoms with E-state index in [-0.39, 0.29) is 0 Å². The lowest BCUT2D eigenvalue weighted by atomic mass is 10.1. The molecule has 0 spiro atoms. The van der Waals surface area contributed by atoms with Crippen molar-refractivity contribution in [2.45, 2.75) is 18.9 Å². The first-order chi connectivity index (χ1) is 9.84. The molecular weight excluding hydrogens is 248 g/mol. The minimum absolute atomic E-state index is 0.541. The van der Waals surface area contributed by atoms with E-state index in [9.17, 15) is 0 Å². The van der Waals surface area contributed by atoms with Crippen LogP contribution in [-0.2, 0) is 0 Å². The van der Waals surface area contributed by atoms with Crippen molar-refractivity contribution in [3.63, 3.8) is 0 Å². The average molecular weight is 268 g/mol. The minimum Gasteiger partial charge on any atom is -0.341 e. The Bertz CT molecular complexity index is 532. The molecule has 1 aromatic carbocycles. The molecule has 0 saturated carbocycles. The van der Waals surface area contributed by atoms with Crippen LogP contribution in [0.15, 0.2) is 42.7 Å². The second-order valence-electron chi connectivity index (χ2n) is 5.23. The molecule has 0 atom stereocenters. The monoisotopic (exact) mass is 268 g/mol. The Morgan fingerprint density at radius 3 is 2.30 bits per heavy atom. The molecule has 1 aromatic heterocycles. The highest BCUT2D eigenvalue weighted by Crippen LogP contribution is 2.20. The van der Waals surface area contributed by atoms with Crippen molar-refractivity contribution in [1.29, 1.82) is 0 Å². The molecule has 104 valence electrons. The summed E-state index contributed by atoms with van der Waals surface area (Å²) >= 11 is 0. The predicted octanol–water partition coefficient (Wildman–Crippen LogP) is 2.33. The molecule has 0 bridgehead atoms. The second-order valence-corrected chi connectivity index (χ2v) is 5.23. The summed E-state index contributed by atoms with van der Waals surface area (Å²) in [5, 5.41) is 3.38. The van der Waals surface area contributed by atoms with Gasteiger partial charge in [-0.15, -0.1) is 0 Å². The third kappa shape index (κ3) is 2.80. The fourth-order valence-corrected chi connectivity index (χ4v) is 2.64. The molecule has 0 amide bonds. The zero-order valence-electron chi connectivity index (χ0n) is 11.8. The summed E-state index contributed by atoms with van der Waals surface area (Å²) in [6.07, 6.45) is 6.13. The topological polar surface area (TPSA) is 41.1 Å². The number of hydrogen-bond donors (Lipinski definition) is 1. The van der Waals surface area contributed by atoms with Gasteiger partial charge in [0.15, 0.2) is 0 Å². The normalized spacial score (nSPS) is 16.1. The van der Waals surface area contributed by atoms with Crippen molar-refractivity contribution in [3.05, 3.63) is 42.7 Å². The van der Waals surface area contributed by atoms with Gasteiger partial charge in [0.1, 0.15) is 0 Å². The second kappa shape index (κ2) is 6.01. The smallest absolute Gasteiger partial charge is 0.225 e. The lowest BCUT2D eigenvalue weighted by Crippen LogP contribution is -2.41. The van der Waals surface area contributed by atoms with Gasteiger partial charge in [-0.1, -0.05) is 30.3 Å². The summed E-state index contributed by atoms with van der Waals surface area (Å²) in [6.45, 7) is 2.16. The van der Waals surface area contributed by atoms with E-state index >= 15 is 0 Å². The first-order valence-electron chi connectivity index (χ1n) is 7.15. The SMILES string of the molecule is CN(c1ncc(-c2ccccc2)cn1)C1CCNCC1. The van der Waals surface area contributed by atoms with Crippen molar-refractivity contribution in [2.75, 3.05) is 25.0 Å². The molecule has 4 nitrogen and oxygen atoms in total. The van der Waals surface area contributed by atoms with Gasteiger partial charge < -0.3 is 10.2 Å². The highest BCUT2D eigenvalue weighted by molar-refractivity contribution is 5.61. The maximum absolute atomic E-state index is 4.52. The van der Waals surface area contributed by atoms with Crippen molar-refractivity contribution in [3.8, 4) is 11.1 Å². The van der Waals surface area contributed by atoms with Crippen molar-refractivity contribution < 1.29 is 0 Å². The number of nitrogens with one attached hydrogen (secondary N) is 1. The number of nitrogens with zero attached hydrogens (tertiary/aromatic N) is 3. The van der Waals surface area contributed by atoms with Gasteiger partial charge >= 0.3 is 0 Å². The molecule has 4 heteroatoms. The van der Waals surface area contributed by atoms with Crippen molar-refractivity contribution in [1.82, 2.24) is 15.3 Å². The van der Waals surface area contributed by atoms with Crippen LogP contribution >= 0.6 is 0 Å². The molecular formula is C16H20N4. The quantitative estimate of drug-likeness (QED) is 0.927. The summed E-state index contributed by atoms with van der Waals surface area (Å²) in [5.41, 5.74) is 2.22. The lowest BCUT2D eigenvalue weighted by Gasteiger charge is -2.31. The van der Waals surface area contributed by atoms with Crippen molar-refractivity contribution in [2.24, 2.45) is 0 Å². The average Bonchev–Trinajstić information content (AvgIpc) is 2.56. The molecule has 2 heterocycles. The van der Waals surface area contributed by atoms with Crippen LogP contribution in [0.3, 0.4) is 0 Å². The minimum atomic E-state index is 0.541. The van der Waals surface area contributed by atoms with Gasteiger partial charge in [0, 0.05) is 31.0 Å². The van der Waals surface area contributed by atoms with E-state index < -0.39 is 0 Å². The van der Waals surface area contributed by atoms with Crippen molar-refractivity contribution >= 4 is 5.95 Å².